The van der Waals surface area contributed by atoms with Gasteiger partial charge in [-0.1, -0.05) is 164 Å². The minimum Gasteiger partial charge on any atom is -0.484 e. The number of benzene rings is 8. The molecule has 228 valence electrons. The Morgan fingerprint density at radius 3 is 1.59 bits per heavy atom. The van der Waals surface area contributed by atoms with Crippen LogP contribution in [0.4, 0.5) is 0 Å². The summed E-state index contributed by atoms with van der Waals surface area (Å²) in [6.07, 6.45) is 8.80. The molecule has 1 nitrogen and oxygen atoms in total. The number of rotatable bonds is 3. The van der Waals surface area contributed by atoms with Crippen molar-refractivity contribution >= 4 is 32.3 Å². The Bertz CT molecular complexity index is 2660. The van der Waals surface area contributed by atoms with Gasteiger partial charge in [0.1, 0.15) is 11.9 Å². The summed E-state index contributed by atoms with van der Waals surface area (Å²) < 4.78 is 6.84. The molecule has 0 aromatic heterocycles. The van der Waals surface area contributed by atoms with Gasteiger partial charge in [0, 0.05) is 17.0 Å². The molecule has 8 aromatic rings. The summed E-state index contributed by atoms with van der Waals surface area (Å²) >= 11 is 0. The molecule has 2 aliphatic carbocycles. The third-order valence-electron chi connectivity index (χ3n) is 11.0. The summed E-state index contributed by atoms with van der Waals surface area (Å²) in [7, 11) is 0. The average molecular weight is 623 g/mol. The van der Waals surface area contributed by atoms with Crippen LogP contribution in [0.15, 0.2) is 170 Å². The first-order chi connectivity index (χ1) is 24.3. The third kappa shape index (κ3) is 3.70. The van der Waals surface area contributed by atoms with E-state index in [0.29, 0.717) is 0 Å². The van der Waals surface area contributed by atoms with Crippen molar-refractivity contribution in [3.8, 4) is 61.4 Å². The summed E-state index contributed by atoms with van der Waals surface area (Å²) in [5, 5.41) is 7.71. The van der Waals surface area contributed by atoms with E-state index in [-0.39, 0.29) is 12.0 Å². The second-order valence-electron chi connectivity index (χ2n) is 13.4. The Kier molecular flexibility index (Phi) is 5.57. The molecule has 0 saturated heterocycles. The zero-order chi connectivity index (χ0) is 32.1. The number of hydrogen-bond donors (Lipinski definition) is 0. The lowest BCUT2D eigenvalue weighted by atomic mass is 9.80. The molecule has 2 atom stereocenters. The minimum atomic E-state index is -0.0157. The van der Waals surface area contributed by atoms with Gasteiger partial charge in [-0.25, -0.2) is 0 Å². The Balaban J connectivity index is 1.23. The van der Waals surface area contributed by atoms with Crippen LogP contribution < -0.4 is 4.74 Å². The van der Waals surface area contributed by atoms with Gasteiger partial charge in [-0.15, -0.1) is 0 Å². The molecule has 1 heteroatoms. The fraction of sp³-hybridized carbons (Fsp3) is 0.0417. The van der Waals surface area contributed by atoms with E-state index in [0.717, 1.165) is 11.3 Å². The van der Waals surface area contributed by atoms with Crippen molar-refractivity contribution in [2.45, 2.75) is 12.0 Å². The van der Waals surface area contributed by atoms with Gasteiger partial charge in [-0.05, 0) is 88.5 Å². The van der Waals surface area contributed by atoms with E-state index in [1.165, 1.54) is 88.0 Å². The lowest BCUT2D eigenvalue weighted by Gasteiger charge is -2.22. The second-order valence-corrected chi connectivity index (χ2v) is 13.4. The van der Waals surface area contributed by atoms with Gasteiger partial charge in [-0.2, -0.15) is 0 Å². The Morgan fingerprint density at radius 1 is 0.367 bits per heavy atom. The van der Waals surface area contributed by atoms with Crippen molar-refractivity contribution in [1.29, 1.82) is 0 Å². The highest BCUT2D eigenvalue weighted by atomic mass is 16.5. The van der Waals surface area contributed by atoms with Gasteiger partial charge in [0.2, 0.25) is 0 Å². The highest BCUT2D eigenvalue weighted by Crippen LogP contribution is 2.55. The topological polar surface area (TPSA) is 9.23 Å². The molecule has 49 heavy (non-hydrogen) atoms. The summed E-state index contributed by atoms with van der Waals surface area (Å²) in [6, 6.07) is 53.7. The van der Waals surface area contributed by atoms with Crippen LogP contribution >= 0.6 is 0 Å². The highest BCUT2D eigenvalue weighted by molar-refractivity contribution is 6.26. The number of ether oxygens (including phenoxy) is 1. The lowest BCUT2D eigenvalue weighted by molar-refractivity contribution is 0.270. The molecule has 0 saturated carbocycles. The van der Waals surface area contributed by atoms with E-state index in [2.05, 4.69) is 170 Å². The van der Waals surface area contributed by atoms with Crippen LogP contribution in [0.1, 0.15) is 11.5 Å². The van der Waals surface area contributed by atoms with Crippen molar-refractivity contribution in [3.63, 3.8) is 0 Å². The molecule has 1 heterocycles. The average Bonchev–Trinajstić information content (AvgIpc) is 3.72. The molecule has 8 aromatic carbocycles. The number of hydrogen-bond acceptors (Lipinski definition) is 1. The van der Waals surface area contributed by atoms with Crippen LogP contribution in [0.2, 0.25) is 0 Å². The summed E-state index contributed by atoms with van der Waals surface area (Å²) in [5.41, 5.74) is 14.0. The van der Waals surface area contributed by atoms with E-state index < -0.39 is 0 Å². The van der Waals surface area contributed by atoms with Crippen LogP contribution in [0.5, 0.6) is 5.75 Å². The van der Waals surface area contributed by atoms with Crippen LogP contribution in [-0.4, -0.2) is 6.10 Å². The molecule has 0 spiro atoms. The lowest BCUT2D eigenvalue weighted by Crippen LogP contribution is -2.15. The van der Waals surface area contributed by atoms with E-state index in [4.69, 9.17) is 4.74 Å². The van der Waals surface area contributed by atoms with Gasteiger partial charge in [-0.3, -0.25) is 0 Å². The molecule has 0 fully saturated rings. The van der Waals surface area contributed by atoms with Gasteiger partial charge in [0.25, 0.3) is 0 Å². The van der Waals surface area contributed by atoms with E-state index in [9.17, 15) is 0 Å². The molecule has 11 rings (SSSR count). The smallest absolute Gasteiger partial charge is 0.132 e. The maximum Gasteiger partial charge on any atom is 0.132 e. The highest BCUT2D eigenvalue weighted by Gasteiger charge is 2.37. The predicted molar refractivity (Wildman–Crippen MR) is 205 cm³/mol. The van der Waals surface area contributed by atoms with Gasteiger partial charge in [0.05, 0.1) is 0 Å². The first kappa shape index (κ1) is 26.8. The molecule has 2 unspecified atom stereocenters. The Morgan fingerprint density at radius 2 is 0.878 bits per heavy atom. The zero-order valence-electron chi connectivity index (χ0n) is 26.7. The number of allylic oxidation sites excluding steroid dienone is 2. The largest absolute Gasteiger partial charge is 0.484 e. The van der Waals surface area contributed by atoms with E-state index >= 15 is 0 Å². The van der Waals surface area contributed by atoms with Crippen molar-refractivity contribution in [2.24, 2.45) is 0 Å². The first-order valence-corrected chi connectivity index (χ1v) is 17.2. The van der Waals surface area contributed by atoms with Crippen molar-refractivity contribution < 1.29 is 4.74 Å². The first-order valence-electron chi connectivity index (χ1n) is 17.2. The van der Waals surface area contributed by atoms with Crippen LogP contribution in [0.25, 0.3) is 88.0 Å². The molecule has 0 amide bonds. The van der Waals surface area contributed by atoms with E-state index in [1.807, 2.05) is 0 Å². The summed E-state index contributed by atoms with van der Waals surface area (Å²) in [5.74, 6) is 1.15. The summed E-state index contributed by atoms with van der Waals surface area (Å²) in [4.78, 5) is 0. The minimum absolute atomic E-state index is 0.0157. The Hall–Kier alpha value is -6.18. The van der Waals surface area contributed by atoms with Crippen molar-refractivity contribution in [1.82, 2.24) is 0 Å². The zero-order valence-corrected chi connectivity index (χ0v) is 26.7. The van der Waals surface area contributed by atoms with Crippen molar-refractivity contribution in [2.75, 3.05) is 0 Å². The van der Waals surface area contributed by atoms with Gasteiger partial charge < -0.3 is 4.74 Å². The number of fused-ring (bicyclic) bond motifs is 8. The fourth-order valence-electron chi connectivity index (χ4n) is 8.95. The molecule has 0 N–H and O–H groups in total. The SMILES string of the molecule is C1=CC2Oc3c(-c4ccccc4)ccc(-c4c5ccccc5c(-c5ccc6c7c(cccc57)-c5ccccc5-6)c5ccccc45)c3C2C=C1. The predicted octanol–water partition coefficient (Wildman–Crippen LogP) is 12.8. The molecule has 0 bridgehead atoms. The van der Waals surface area contributed by atoms with Gasteiger partial charge in [0.15, 0.2) is 0 Å². The standard InChI is InChI=1S/C48H30O/c1-2-13-29(14-3-1)30-25-28-42(47-41-21-10-11-24-43(41)49-48(30)47)46-36-19-8-6-17-34(36)45(35-18-7-9-20-37(35)46)40-27-26-39-32-16-5-4-15-31(32)33-22-12-23-38(40)44(33)39/h1-28,41,43H. The van der Waals surface area contributed by atoms with Crippen LogP contribution in [-0.2, 0) is 0 Å². The van der Waals surface area contributed by atoms with Crippen LogP contribution in [0.3, 0.4) is 0 Å². The second kappa shape index (κ2) is 10.2. The maximum absolute atomic E-state index is 6.84. The normalized spacial score (nSPS) is 16.6. The van der Waals surface area contributed by atoms with E-state index in [1.54, 1.807) is 0 Å². The fourth-order valence-corrected chi connectivity index (χ4v) is 8.95. The maximum atomic E-state index is 6.84. The molecule has 1 aliphatic heterocycles. The molecular weight excluding hydrogens is 593 g/mol. The van der Waals surface area contributed by atoms with Crippen LogP contribution in [0, 0.1) is 0 Å². The van der Waals surface area contributed by atoms with Gasteiger partial charge >= 0.3 is 0 Å². The monoisotopic (exact) mass is 622 g/mol. The molecule has 3 aliphatic rings. The van der Waals surface area contributed by atoms with Crippen molar-refractivity contribution in [3.05, 3.63) is 175 Å². The quantitative estimate of drug-likeness (QED) is 0.178. The summed E-state index contributed by atoms with van der Waals surface area (Å²) in [6.45, 7) is 0. The molecule has 0 radical (unpaired) electrons. The molecular formula is C48H30O. The Labute approximate surface area is 285 Å². The third-order valence-corrected chi connectivity index (χ3v) is 11.0.